The number of carbonyl (C=O) groups is 1. The largest absolute Gasteiger partial charge is 0.487 e. The number of hydrogen-bond donors (Lipinski definition) is 0. The van der Waals surface area contributed by atoms with Gasteiger partial charge in [0.15, 0.2) is 5.78 Å². The topological polar surface area (TPSA) is 85.5 Å². The first-order valence-electron chi connectivity index (χ1n) is 9.11. The van der Waals surface area contributed by atoms with Crippen molar-refractivity contribution in [3.05, 3.63) is 34.4 Å². The Hall–Kier alpha value is -2.74. The van der Waals surface area contributed by atoms with Crippen molar-refractivity contribution in [2.24, 2.45) is 12.0 Å². The van der Waals surface area contributed by atoms with Crippen molar-refractivity contribution in [3.8, 4) is 17.0 Å². The van der Waals surface area contributed by atoms with E-state index in [2.05, 4.69) is 20.3 Å². The Morgan fingerprint density at radius 3 is 2.89 bits per heavy atom. The van der Waals surface area contributed by atoms with Crippen LogP contribution in [0.15, 0.2) is 28.0 Å². The second-order valence-electron chi connectivity index (χ2n) is 7.01. The number of ether oxygens (including phenoxy) is 1. The Morgan fingerprint density at radius 2 is 2.14 bits per heavy atom. The second kappa shape index (κ2) is 7.35. The molecule has 146 valence electrons. The highest BCUT2D eigenvalue weighted by molar-refractivity contribution is 6.44. The van der Waals surface area contributed by atoms with Crippen LogP contribution in [0.1, 0.15) is 17.8 Å². The molecule has 0 amide bonds. The molecule has 0 aromatic carbocycles. The van der Waals surface area contributed by atoms with Crippen LogP contribution in [-0.4, -0.2) is 62.6 Å². The lowest BCUT2D eigenvalue weighted by atomic mass is 10.1. The fourth-order valence-electron chi connectivity index (χ4n) is 3.62. The van der Waals surface area contributed by atoms with Crippen molar-refractivity contribution >= 4 is 23.6 Å². The Bertz CT molecular complexity index is 996. The monoisotopic (exact) mass is 400 g/mol. The van der Waals surface area contributed by atoms with Gasteiger partial charge in [0.2, 0.25) is 0 Å². The SMILES string of the molecule is Cc1nn(C)c(C)c1-c1cc(O[C@@H]2CCN(C3=C(Cl)C(=O)CN=C3)C2)cnn1. The number of hydrogen-bond acceptors (Lipinski definition) is 7. The smallest absolute Gasteiger partial charge is 0.197 e. The van der Waals surface area contributed by atoms with Crippen molar-refractivity contribution in [2.75, 3.05) is 19.6 Å². The van der Waals surface area contributed by atoms with Crippen LogP contribution in [0, 0.1) is 13.8 Å². The van der Waals surface area contributed by atoms with Crippen molar-refractivity contribution in [3.63, 3.8) is 0 Å². The van der Waals surface area contributed by atoms with Gasteiger partial charge in [0, 0.05) is 43.6 Å². The lowest BCUT2D eigenvalue weighted by Crippen LogP contribution is -2.28. The van der Waals surface area contributed by atoms with E-state index in [4.69, 9.17) is 16.3 Å². The van der Waals surface area contributed by atoms with E-state index in [1.54, 1.807) is 12.4 Å². The maximum atomic E-state index is 11.8. The lowest BCUT2D eigenvalue weighted by molar-refractivity contribution is -0.113. The molecule has 0 unspecified atom stereocenters. The van der Waals surface area contributed by atoms with Gasteiger partial charge in [0.25, 0.3) is 0 Å². The summed E-state index contributed by atoms with van der Waals surface area (Å²) in [4.78, 5) is 17.9. The minimum Gasteiger partial charge on any atom is -0.487 e. The number of halogens is 1. The van der Waals surface area contributed by atoms with Crippen LogP contribution in [0.2, 0.25) is 0 Å². The van der Waals surface area contributed by atoms with Crippen LogP contribution in [-0.2, 0) is 11.8 Å². The van der Waals surface area contributed by atoms with E-state index in [1.165, 1.54) is 0 Å². The molecule has 0 aliphatic carbocycles. The van der Waals surface area contributed by atoms with Gasteiger partial charge in [0.1, 0.15) is 29.1 Å². The Balaban J connectivity index is 1.50. The first-order valence-corrected chi connectivity index (χ1v) is 9.49. The highest BCUT2D eigenvalue weighted by Crippen LogP contribution is 2.28. The number of carbonyl (C=O) groups excluding carboxylic acids is 1. The summed E-state index contributed by atoms with van der Waals surface area (Å²) in [5.41, 5.74) is 4.33. The number of aliphatic imine (C=N–C) groups is 1. The number of allylic oxidation sites excluding steroid dienone is 1. The third kappa shape index (κ3) is 3.40. The van der Waals surface area contributed by atoms with Gasteiger partial charge in [-0.15, -0.1) is 0 Å². The highest BCUT2D eigenvalue weighted by atomic mass is 35.5. The predicted molar refractivity (Wildman–Crippen MR) is 106 cm³/mol. The zero-order valence-electron chi connectivity index (χ0n) is 16.0. The summed E-state index contributed by atoms with van der Waals surface area (Å²) in [6.45, 7) is 5.46. The Labute approximate surface area is 167 Å². The summed E-state index contributed by atoms with van der Waals surface area (Å²) >= 11 is 6.17. The van der Waals surface area contributed by atoms with Crippen molar-refractivity contribution in [1.29, 1.82) is 0 Å². The van der Waals surface area contributed by atoms with Gasteiger partial charge >= 0.3 is 0 Å². The molecule has 4 rings (SSSR count). The predicted octanol–water partition coefficient (Wildman–Crippen LogP) is 2.05. The number of dihydropyridines is 1. The van der Waals surface area contributed by atoms with E-state index in [9.17, 15) is 4.79 Å². The fourth-order valence-corrected chi connectivity index (χ4v) is 3.85. The first kappa shape index (κ1) is 18.6. The normalized spacial score (nSPS) is 19.6. The number of rotatable bonds is 4. The van der Waals surface area contributed by atoms with Crippen molar-refractivity contribution in [2.45, 2.75) is 26.4 Å². The molecule has 0 bridgehead atoms. The van der Waals surface area contributed by atoms with E-state index in [0.717, 1.165) is 35.6 Å². The quantitative estimate of drug-likeness (QED) is 0.780. The number of Topliss-reactive ketones (excluding diaryl/α,β-unsaturated/α-hetero) is 1. The molecule has 4 heterocycles. The summed E-state index contributed by atoms with van der Waals surface area (Å²) in [6, 6.07) is 1.89. The number of aromatic nitrogens is 4. The molecule has 1 saturated heterocycles. The maximum Gasteiger partial charge on any atom is 0.197 e. The Kier molecular flexibility index (Phi) is 4.89. The maximum absolute atomic E-state index is 11.8. The molecule has 2 aromatic rings. The molecule has 1 atom stereocenters. The van der Waals surface area contributed by atoms with Crippen molar-refractivity contribution in [1.82, 2.24) is 24.9 Å². The highest BCUT2D eigenvalue weighted by Gasteiger charge is 2.29. The van der Waals surface area contributed by atoms with Crippen LogP contribution in [0.3, 0.4) is 0 Å². The van der Waals surface area contributed by atoms with Gasteiger partial charge in [-0.1, -0.05) is 11.6 Å². The van der Waals surface area contributed by atoms with E-state index in [0.29, 0.717) is 18.0 Å². The molecule has 0 saturated carbocycles. The molecule has 0 radical (unpaired) electrons. The molecule has 1 fully saturated rings. The summed E-state index contributed by atoms with van der Waals surface area (Å²) < 4.78 is 7.97. The van der Waals surface area contributed by atoms with E-state index in [-0.39, 0.29) is 23.5 Å². The molecule has 0 spiro atoms. The third-order valence-corrected chi connectivity index (χ3v) is 5.51. The van der Waals surface area contributed by atoms with Crippen LogP contribution in [0.4, 0.5) is 0 Å². The summed E-state index contributed by atoms with van der Waals surface area (Å²) in [6.07, 6.45) is 4.07. The van der Waals surface area contributed by atoms with Crippen LogP contribution >= 0.6 is 11.6 Å². The molecular weight excluding hydrogens is 380 g/mol. The minimum absolute atomic E-state index is 0.0319. The minimum atomic E-state index is -0.145. The van der Waals surface area contributed by atoms with Crippen LogP contribution in [0.25, 0.3) is 11.3 Å². The molecule has 2 aliphatic rings. The standard InChI is InChI=1S/C19H21ClN6O2/c1-11-18(12(2)25(3)24-11)15-6-14(7-22-23-15)28-13-4-5-26(10-13)16-8-21-9-17(27)19(16)20/h6-8,13H,4-5,9-10H2,1-3H3/t13-/m1/s1. The lowest BCUT2D eigenvalue weighted by Gasteiger charge is -2.22. The Morgan fingerprint density at radius 1 is 1.32 bits per heavy atom. The van der Waals surface area contributed by atoms with E-state index < -0.39 is 0 Å². The van der Waals surface area contributed by atoms with Gasteiger partial charge in [-0.25, -0.2) is 0 Å². The van der Waals surface area contributed by atoms with Gasteiger partial charge in [-0.3, -0.25) is 14.5 Å². The first-order chi connectivity index (χ1) is 13.4. The zero-order valence-corrected chi connectivity index (χ0v) is 16.8. The summed E-state index contributed by atoms with van der Waals surface area (Å²) in [5.74, 6) is 0.515. The van der Waals surface area contributed by atoms with Gasteiger partial charge in [-0.05, 0) is 13.8 Å². The molecule has 28 heavy (non-hydrogen) atoms. The summed E-state index contributed by atoms with van der Waals surface area (Å²) in [7, 11) is 1.91. The second-order valence-corrected chi connectivity index (χ2v) is 7.39. The summed E-state index contributed by atoms with van der Waals surface area (Å²) in [5, 5.41) is 13.1. The number of nitrogens with zero attached hydrogens (tertiary/aromatic N) is 6. The van der Waals surface area contributed by atoms with Crippen LogP contribution in [0.5, 0.6) is 5.75 Å². The number of likely N-dealkylation sites (tertiary alicyclic amines) is 1. The molecule has 9 heteroatoms. The third-order valence-electron chi connectivity index (χ3n) is 5.10. The zero-order chi connectivity index (χ0) is 19.8. The average molecular weight is 401 g/mol. The van der Waals surface area contributed by atoms with E-state index >= 15 is 0 Å². The fraction of sp³-hybridized carbons (Fsp3) is 0.421. The number of ketones is 1. The van der Waals surface area contributed by atoms with Gasteiger partial charge in [-0.2, -0.15) is 15.3 Å². The van der Waals surface area contributed by atoms with Crippen molar-refractivity contribution < 1.29 is 9.53 Å². The number of aryl methyl sites for hydroxylation is 2. The van der Waals surface area contributed by atoms with Crippen LogP contribution < -0.4 is 4.74 Å². The molecular formula is C19H21ClN6O2. The van der Waals surface area contributed by atoms with E-state index in [1.807, 2.05) is 36.5 Å². The van der Waals surface area contributed by atoms with Gasteiger partial charge in [0.05, 0.1) is 24.1 Å². The molecule has 2 aliphatic heterocycles. The molecule has 0 N–H and O–H groups in total. The molecule has 8 nitrogen and oxygen atoms in total. The molecule has 2 aromatic heterocycles. The van der Waals surface area contributed by atoms with Gasteiger partial charge < -0.3 is 9.64 Å². The average Bonchev–Trinajstić information content (AvgIpc) is 3.22.